The summed E-state index contributed by atoms with van der Waals surface area (Å²) in [6.45, 7) is 1.97. The molecule has 0 radical (unpaired) electrons. The van der Waals surface area contributed by atoms with Crippen LogP contribution in [0.4, 0.5) is 0 Å². The summed E-state index contributed by atoms with van der Waals surface area (Å²) in [5.41, 5.74) is 2.99. The molecule has 9 nitrogen and oxygen atoms in total. The second-order valence-electron chi connectivity index (χ2n) is 5.96. The second kappa shape index (κ2) is 6.13. The molecule has 0 amide bonds. The fourth-order valence-electron chi connectivity index (χ4n) is 2.96. The van der Waals surface area contributed by atoms with Crippen LogP contribution in [0.1, 0.15) is 18.9 Å². The molecule has 0 bridgehead atoms. The van der Waals surface area contributed by atoms with Crippen LogP contribution in [0.25, 0.3) is 33.8 Å². The van der Waals surface area contributed by atoms with Crippen LogP contribution in [0.15, 0.2) is 64.3 Å². The molecule has 0 saturated carbocycles. The largest absolute Gasteiger partial charge is 0.337 e. The first-order valence-electron chi connectivity index (χ1n) is 8.30. The third-order valence-corrected chi connectivity index (χ3v) is 4.35. The van der Waals surface area contributed by atoms with Crippen molar-refractivity contribution in [3.05, 3.63) is 61.0 Å². The molecule has 4 heterocycles. The van der Waals surface area contributed by atoms with E-state index >= 15 is 0 Å². The lowest BCUT2D eigenvalue weighted by molar-refractivity contribution is 0.315. The maximum atomic E-state index is 5.49. The molecule has 0 unspecified atom stereocenters. The Morgan fingerprint density at radius 1 is 1.00 bits per heavy atom. The molecule has 0 aliphatic heterocycles. The van der Waals surface area contributed by atoms with Crippen LogP contribution < -0.4 is 0 Å². The van der Waals surface area contributed by atoms with E-state index in [1.807, 2.05) is 48.0 Å². The van der Waals surface area contributed by atoms with Gasteiger partial charge in [-0.1, -0.05) is 11.2 Å². The van der Waals surface area contributed by atoms with Gasteiger partial charge < -0.3 is 9.09 Å². The quantitative estimate of drug-likeness (QED) is 0.481. The monoisotopic (exact) mass is 359 g/mol. The van der Waals surface area contributed by atoms with Crippen molar-refractivity contribution in [2.24, 2.45) is 0 Å². The number of aromatic nitrogens is 7. The Hall–Kier alpha value is -3.88. The highest BCUT2D eigenvalue weighted by molar-refractivity contribution is 5.88. The third-order valence-electron chi connectivity index (χ3n) is 4.35. The summed E-state index contributed by atoms with van der Waals surface area (Å²) in [6.07, 6.45) is 6.96. The van der Waals surface area contributed by atoms with Gasteiger partial charge in [0.15, 0.2) is 0 Å². The predicted octanol–water partition coefficient (Wildman–Crippen LogP) is 3.14. The van der Waals surface area contributed by atoms with Crippen molar-refractivity contribution in [2.45, 2.75) is 13.0 Å². The highest BCUT2D eigenvalue weighted by atomic mass is 16.6. The minimum Gasteiger partial charge on any atom is -0.337 e. The van der Waals surface area contributed by atoms with Crippen molar-refractivity contribution in [3.8, 4) is 22.8 Å². The van der Waals surface area contributed by atoms with E-state index < -0.39 is 0 Å². The fourth-order valence-corrected chi connectivity index (χ4v) is 2.96. The molecule has 5 rings (SSSR count). The van der Waals surface area contributed by atoms with Gasteiger partial charge in [0.05, 0.1) is 0 Å². The third kappa shape index (κ3) is 2.56. The van der Waals surface area contributed by atoms with Gasteiger partial charge in [-0.15, -0.1) is 0 Å². The predicted molar refractivity (Wildman–Crippen MR) is 94.4 cm³/mol. The number of imidazole rings is 1. The first-order valence-corrected chi connectivity index (χ1v) is 8.30. The summed E-state index contributed by atoms with van der Waals surface area (Å²) in [5, 5.41) is 12.0. The highest BCUT2D eigenvalue weighted by Gasteiger charge is 2.21. The molecule has 5 aromatic rings. The van der Waals surface area contributed by atoms with Crippen LogP contribution >= 0.6 is 0 Å². The summed E-state index contributed by atoms with van der Waals surface area (Å²) in [4.78, 5) is 13.0. The minimum atomic E-state index is -0.222. The molecule has 9 heteroatoms. The molecule has 0 aliphatic rings. The van der Waals surface area contributed by atoms with Crippen LogP contribution in [-0.4, -0.2) is 35.0 Å². The maximum Gasteiger partial charge on any atom is 0.249 e. The topological polar surface area (TPSA) is 109 Å². The van der Waals surface area contributed by atoms with Crippen molar-refractivity contribution in [1.82, 2.24) is 35.0 Å². The summed E-state index contributed by atoms with van der Waals surface area (Å²) in [6, 6.07) is 9.10. The molecule has 27 heavy (non-hydrogen) atoms. The van der Waals surface area contributed by atoms with E-state index in [0.29, 0.717) is 28.6 Å². The number of rotatable bonds is 4. The molecular formula is C18H13N7O2. The Morgan fingerprint density at radius 3 is 2.78 bits per heavy atom. The van der Waals surface area contributed by atoms with Crippen LogP contribution in [0.3, 0.4) is 0 Å². The minimum absolute atomic E-state index is 0.222. The Bertz CT molecular complexity index is 1210. The molecule has 0 saturated heterocycles. The van der Waals surface area contributed by atoms with E-state index in [1.54, 1.807) is 18.6 Å². The van der Waals surface area contributed by atoms with Crippen LogP contribution in [-0.2, 0) is 0 Å². The lowest BCUT2D eigenvalue weighted by Crippen LogP contribution is -2.08. The summed E-state index contributed by atoms with van der Waals surface area (Å²) in [7, 11) is 0. The maximum absolute atomic E-state index is 5.49. The first-order chi connectivity index (χ1) is 13.3. The van der Waals surface area contributed by atoms with Crippen LogP contribution in [0.2, 0.25) is 0 Å². The summed E-state index contributed by atoms with van der Waals surface area (Å²) in [5.74, 6) is 1.71. The molecular weight excluding hydrogens is 346 g/mol. The van der Waals surface area contributed by atoms with Gasteiger partial charge in [-0.3, -0.25) is 4.98 Å². The van der Waals surface area contributed by atoms with Crippen molar-refractivity contribution in [3.63, 3.8) is 0 Å². The fraction of sp³-hybridized carbons (Fsp3) is 0.111. The Morgan fingerprint density at radius 2 is 1.89 bits per heavy atom. The van der Waals surface area contributed by atoms with Gasteiger partial charge in [-0.05, 0) is 41.5 Å². The number of benzene rings is 1. The zero-order valence-corrected chi connectivity index (χ0v) is 14.2. The van der Waals surface area contributed by atoms with Crippen molar-refractivity contribution in [1.29, 1.82) is 0 Å². The van der Waals surface area contributed by atoms with E-state index in [0.717, 1.165) is 11.1 Å². The van der Waals surface area contributed by atoms with Crippen molar-refractivity contribution in [2.75, 3.05) is 0 Å². The number of fused-ring (bicyclic) bond motifs is 1. The number of hydrogen-bond acceptors (Lipinski definition) is 8. The zero-order valence-electron chi connectivity index (χ0n) is 14.2. The molecule has 0 spiro atoms. The van der Waals surface area contributed by atoms with E-state index in [-0.39, 0.29) is 6.04 Å². The van der Waals surface area contributed by atoms with Gasteiger partial charge in [0, 0.05) is 35.9 Å². The molecule has 0 fully saturated rings. The molecule has 1 atom stereocenters. The average Bonchev–Trinajstić information content (AvgIpc) is 3.48. The van der Waals surface area contributed by atoms with E-state index in [2.05, 4.69) is 30.4 Å². The Balaban J connectivity index is 1.54. The molecule has 1 aromatic carbocycles. The SMILES string of the molecule is C[C@H](c1nc(-c2ccncc2)no1)n1ccnc1-c1cccc2nonc12. The normalized spacial score (nSPS) is 12.5. The van der Waals surface area contributed by atoms with E-state index in [1.165, 1.54) is 0 Å². The Labute approximate surface area is 152 Å². The van der Waals surface area contributed by atoms with E-state index in [4.69, 9.17) is 9.15 Å². The lowest BCUT2D eigenvalue weighted by Gasteiger charge is -2.12. The summed E-state index contributed by atoms with van der Waals surface area (Å²) < 4.78 is 12.3. The molecule has 132 valence electrons. The van der Waals surface area contributed by atoms with Gasteiger partial charge in [0.25, 0.3) is 0 Å². The molecule has 0 N–H and O–H groups in total. The van der Waals surface area contributed by atoms with Gasteiger partial charge in [0.1, 0.15) is 22.9 Å². The van der Waals surface area contributed by atoms with Gasteiger partial charge in [0.2, 0.25) is 11.7 Å². The van der Waals surface area contributed by atoms with Gasteiger partial charge in [-0.25, -0.2) is 9.61 Å². The van der Waals surface area contributed by atoms with E-state index in [9.17, 15) is 0 Å². The number of hydrogen-bond donors (Lipinski definition) is 0. The first kappa shape index (κ1) is 15.4. The lowest BCUT2D eigenvalue weighted by atomic mass is 10.1. The van der Waals surface area contributed by atoms with Gasteiger partial charge in [-0.2, -0.15) is 4.98 Å². The Kier molecular flexibility index (Phi) is 3.49. The number of nitrogens with zero attached hydrogens (tertiary/aromatic N) is 7. The van der Waals surface area contributed by atoms with Crippen molar-refractivity contribution < 1.29 is 9.15 Å². The highest BCUT2D eigenvalue weighted by Crippen LogP contribution is 2.29. The smallest absolute Gasteiger partial charge is 0.249 e. The second-order valence-corrected chi connectivity index (χ2v) is 5.96. The van der Waals surface area contributed by atoms with Gasteiger partial charge >= 0.3 is 0 Å². The van der Waals surface area contributed by atoms with Crippen LogP contribution in [0, 0.1) is 0 Å². The van der Waals surface area contributed by atoms with Crippen LogP contribution in [0.5, 0.6) is 0 Å². The van der Waals surface area contributed by atoms with Crippen molar-refractivity contribution >= 4 is 11.0 Å². The molecule has 4 aromatic heterocycles. The average molecular weight is 359 g/mol. The zero-order chi connectivity index (χ0) is 18.2. The molecule has 0 aliphatic carbocycles. The number of pyridine rings is 1. The standard InChI is InChI=1S/C18H13N7O2/c1-11(18-21-16(24-26-18)12-5-7-19-8-6-12)25-10-9-20-17(25)13-3-2-4-14-15(13)23-27-22-14/h2-11H,1H3/t11-/m1/s1. The summed E-state index contributed by atoms with van der Waals surface area (Å²) >= 11 is 0.